The normalized spacial score (nSPS) is 18.3. The van der Waals surface area contributed by atoms with Crippen LogP contribution in [0.2, 0.25) is 5.02 Å². The monoisotopic (exact) mass is 825 g/mol. The largest absolute Gasteiger partial charge is 0.497 e. The number of hydrogen-bond donors (Lipinski definition) is 0. The Morgan fingerprint density at radius 1 is 0.947 bits per heavy atom. The Balaban J connectivity index is 1.19. The number of nitrogens with zero attached hydrogens (tertiary/aromatic N) is 5. The maximum Gasteiger partial charge on any atom is 0.416 e. The Morgan fingerprint density at radius 3 is 2.19 bits per heavy atom. The molecule has 0 bridgehead atoms. The summed E-state index contributed by atoms with van der Waals surface area (Å²) in [4.78, 5) is 29.8. The van der Waals surface area contributed by atoms with Gasteiger partial charge in [-0.2, -0.15) is 13.2 Å². The van der Waals surface area contributed by atoms with Crippen molar-refractivity contribution in [3.8, 4) is 23.0 Å². The average molecular weight is 826 g/mol. The first-order valence-corrected chi connectivity index (χ1v) is 19.5. The summed E-state index contributed by atoms with van der Waals surface area (Å²) in [5.74, 6) is 2.44. The molecule has 5 aromatic rings. The number of aromatic nitrogens is 2. The molecular weight excluding hydrogens is 783 g/mol. The van der Waals surface area contributed by atoms with E-state index in [0.29, 0.717) is 52.7 Å². The van der Waals surface area contributed by atoms with Crippen molar-refractivity contribution >= 4 is 49.9 Å². The molecule has 0 saturated carbocycles. The van der Waals surface area contributed by atoms with Crippen molar-refractivity contribution in [2.75, 3.05) is 57.9 Å². The number of halogens is 4. The van der Waals surface area contributed by atoms with E-state index in [1.165, 1.54) is 11.3 Å². The van der Waals surface area contributed by atoms with Crippen LogP contribution in [-0.4, -0.2) is 81.1 Å². The Morgan fingerprint density at radius 2 is 1.60 bits per heavy atom. The summed E-state index contributed by atoms with van der Waals surface area (Å²) in [7, 11) is 6.47. The van der Waals surface area contributed by atoms with Crippen LogP contribution >= 0.6 is 22.9 Å². The molecule has 4 heterocycles. The van der Waals surface area contributed by atoms with Gasteiger partial charge in [-0.05, 0) is 67.8 Å². The van der Waals surface area contributed by atoms with Crippen molar-refractivity contribution in [2.24, 2.45) is 0 Å². The molecule has 57 heavy (non-hydrogen) atoms. The smallest absolute Gasteiger partial charge is 0.416 e. The fourth-order valence-corrected chi connectivity index (χ4v) is 9.03. The molecule has 1 fully saturated rings. The van der Waals surface area contributed by atoms with Gasteiger partial charge in [-0.25, -0.2) is 4.98 Å². The summed E-state index contributed by atoms with van der Waals surface area (Å²) >= 11 is 7.95. The Labute approximate surface area is 337 Å². The minimum atomic E-state index is -4.52. The molecule has 1 amide bonds. The lowest BCUT2D eigenvalue weighted by molar-refractivity contribution is -0.148. The van der Waals surface area contributed by atoms with E-state index in [0.717, 1.165) is 38.8 Å². The zero-order valence-electron chi connectivity index (χ0n) is 32.4. The van der Waals surface area contributed by atoms with Gasteiger partial charge in [0.05, 0.1) is 76.0 Å². The molecule has 2 aliphatic heterocycles. The second-order valence-corrected chi connectivity index (χ2v) is 15.4. The number of benzene rings is 3. The van der Waals surface area contributed by atoms with E-state index in [1.54, 1.807) is 52.7 Å². The van der Waals surface area contributed by atoms with E-state index in [4.69, 9.17) is 40.3 Å². The molecule has 3 atom stereocenters. The molecule has 3 aromatic carbocycles. The SMILES string of the molecule is COc1ccc(CN(Cc2ccc(OC)cc2OC)c2nc3cncc(N4C[C@H](C(=O)N5CCc6cc(C(F)(F)F)cc(Cl)c6[C@@H]5C)OC[C@@H]4C)c3s2)c(OC)c1. The first-order chi connectivity index (χ1) is 27.3. The highest BCUT2D eigenvalue weighted by atomic mass is 35.5. The van der Waals surface area contributed by atoms with Gasteiger partial charge >= 0.3 is 6.18 Å². The van der Waals surface area contributed by atoms with Gasteiger partial charge < -0.3 is 38.4 Å². The van der Waals surface area contributed by atoms with Crippen LogP contribution in [-0.2, 0) is 35.2 Å². The molecule has 0 unspecified atom stereocenters. The molecular formula is C41H43ClF3N5O6S. The summed E-state index contributed by atoms with van der Waals surface area (Å²) in [5.41, 5.74) is 3.57. The van der Waals surface area contributed by atoms with Gasteiger partial charge in [-0.1, -0.05) is 22.9 Å². The lowest BCUT2D eigenvalue weighted by Gasteiger charge is -2.43. The minimum absolute atomic E-state index is 0.00620. The van der Waals surface area contributed by atoms with Crippen molar-refractivity contribution in [2.45, 2.75) is 57.7 Å². The predicted octanol–water partition coefficient (Wildman–Crippen LogP) is 8.34. The van der Waals surface area contributed by atoms with Crippen molar-refractivity contribution in [1.29, 1.82) is 0 Å². The Bertz CT molecular complexity index is 2220. The van der Waals surface area contributed by atoms with Crippen LogP contribution < -0.4 is 28.7 Å². The van der Waals surface area contributed by atoms with Crippen molar-refractivity contribution < 1.29 is 41.7 Å². The standard InChI is InChI=1S/C41H43ClF3N5O6S/c1-23-22-56-36(39(51)49-12-11-25-13-28(41(43,44)45)14-31(42)37(25)24(49)2)21-50(23)33-18-46-17-32-38(33)57-40(47-32)48(19-26-7-9-29(52-3)15-34(26)54-5)20-27-8-10-30(53-4)16-35(27)55-6/h7-10,13-18,23-24,36H,11-12,19-22H2,1-6H3/t23-,24-,36+/m0/s1. The number of rotatable bonds is 11. The lowest BCUT2D eigenvalue weighted by atomic mass is 9.91. The van der Waals surface area contributed by atoms with E-state index in [-0.39, 0.29) is 43.1 Å². The maximum atomic E-state index is 14.2. The number of anilines is 2. The second-order valence-electron chi connectivity index (χ2n) is 14.0. The highest BCUT2D eigenvalue weighted by Gasteiger charge is 2.40. The van der Waals surface area contributed by atoms with Gasteiger partial charge in [0.25, 0.3) is 5.91 Å². The molecule has 11 nitrogen and oxygen atoms in total. The van der Waals surface area contributed by atoms with Crippen LogP contribution in [0.4, 0.5) is 24.0 Å². The molecule has 0 aliphatic carbocycles. The number of hydrogen-bond acceptors (Lipinski definition) is 11. The van der Waals surface area contributed by atoms with E-state index < -0.39 is 23.9 Å². The number of pyridine rings is 1. The van der Waals surface area contributed by atoms with Gasteiger partial charge in [0.1, 0.15) is 28.5 Å². The first kappa shape index (κ1) is 40.2. The number of amides is 1. The predicted molar refractivity (Wildman–Crippen MR) is 213 cm³/mol. The molecule has 1 saturated heterocycles. The lowest BCUT2D eigenvalue weighted by Crippen LogP contribution is -2.55. The van der Waals surface area contributed by atoms with Crippen LogP contribution in [0.3, 0.4) is 0 Å². The number of methoxy groups -OCH3 is 4. The highest BCUT2D eigenvalue weighted by molar-refractivity contribution is 7.22. The number of morpholine rings is 1. The third kappa shape index (κ3) is 8.10. The summed E-state index contributed by atoms with van der Waals surface area (Å²) < 4.78 is 70.1. The zero-order valence-corrected chi connectivity index (χ0v) is 33.9. The first-order valence-electron chi connectivity index (χ1n) is 18.3. The van der Waals surface area contributed by atoms with E-state index >= 15 is 0 Å². The minimum Gasteiger partial charge on any atom is -0.497 e. The number of ether oxygens (including phenoxy) is 5. The molecule has 0 spiro atoms. The van der Waals surface area contributed by atoms with Crippen molar-refractivity contribution in [3.63, 3.8) is 0 Å². The van der Waals surface area contributed by atoms with E-state index in [2.05, 4.69) is 14.8 Å². The maximum absolute atomic E-state index is 14.2. The summed E-state index contributed by atoms with van der Waals surface area (Å²) in [6.07, 6.45) is -1.59. The molecule has 16 heteroatoms. The van der Waals surface area contributed by atoms with Crippen LogP contribution in [0.1, 0.15) is 47.7 Å². The number of carbonyl (C=O) groups is 1. The summed E-state index contributed by atoms with van der Waals surface area (Å²) in [6.45, 7) is 5.44. The van der Waals surface area contributed by atoms with Crippen LogP contribution in [0.5, 0.6) is 23.0 Å². The van der Waals surface area contributed by atoms with Crippen LogP contribution in [0.25, 0.3) is 10.2 Å². The number of fused-ring (bicyclic) bond motifs is 2. The average Bonchev–Trinajstić information content (AvgIpc) is 3.65. The van der Waals surface area contributed by atoms with Crippen LogP contribution in [0.15, 0.2) is 60.9 Å². The molecule has 0 N–H and O–H groups in total. The number of thiazole rings is 1. The summed E-state index contributed by atoms with van der Waals surface area (Å²) in [6, 6.07) is 12.8. The van der Waals surface area contributed by atoms with Crippen molar-refractivity contribution in [3.05, 3.63) is 93.8 Å². The number of carbonyl (C=O) groups excluding carboxylic acids is 1. The zero-order chi connectivity index (χ0) is 40.6. The number of alkyl halides is 3. The van der Waals surface area contributed by atoms with Gasteiger partial charge in [0.15, 0.2) is 11.2 Å². The molecule has 7 rings (SSSR count). The topological polar surface area (TPSA) is 98.7 Å². The van der Waals surface area contributed by atoms with Gasteiger partial charge in [0.2, 0.25) is 0 Å². The summed E-state index contributed by atoms with van der Waals surface area (Å²) in [5, 5.41) is 0.725. The second kappa shape index (κ2) is 16.5. The molecule has 302 valence electrons. The quantitative estimate of drug-likeness (QED) is 0.129. The Hall–Kier alpha value is -4.99. The van der Waals surface area contributed by atoms with E-state index in [9.17, 15) is 18.0 Å². The third-order valence-corrected chi connectivity index (χ3v) is 12.1. The molecule has 2 aromatic heterocycles. The van der Waals surface area contributed by atoms with E-state index in [1.807, 2.05) is 43.3 Å². The van der Waals surface area contributed by atoms with Gasteiger partial charge in [0, 0.05) is 54.0 Å². The van der Waals surface area contributed by atoms with Crippen molar-refractivity contribution in [1.82, 2.24) is 14.9 Å². The Kier molecular flexibility index (Phi) is 11.6. The molecule has 2 aliphatic rings. The van der Waals surface area contributed by atoms with Gasteiger partial charge in [-0.15, -0.1) is 0 Å². The van der Waals surface area contributed by atoms with Gasteiger partial charge in [-0.3, -0.25) is 9.78 Å². The fourth-order valence-electron chi connectivity index (χ4n) is 7.57. The fraction of sp³-hybridized carbons (Fsp3) is 0.390. The third-order valence-electron chi connectivity index (χ3n) is 10.6. The highest BCUT2D eigenvalue weighted by Crippen LogP contribution is 2.42. The van der Waals surface area contributed by atoms with Crippen LogP contribution in [0, 0.1) is 0 Å². The molecule has 0 radical (unpaired) electrons.